The highest BCUT2D eigenvalue weighted by Gasteiger charge is 2.09. The van der Waals surface area contributed by atoms with Gasteiger partial charge >= 0.3 is 0 Å². The first-order valence-corrected chi connectivity index (χ1v) is 6.05. The minimum atomic E-state index is 0.259. The maximum Gasteiger partial charge on any atom is 0.126 e. The van der Waals surface area contributed by atoms with E-state index in [-0.39, 0.29) is 6.04 Å². The molecular weight excluding hydrogens is 230 g/mol. The van der Waals surface area contributed by atoms with Crippen LogP contribution < -0.4 is 14.8 Å². The van der Waals surface area contributed by atoms with Crippen LogP contribution in [0.15, 0.2) is 24.3 Å². The van der Waals surface area contributed by atoms with Crippen molar-refractivity contribution in [3.05, 3.63) is 29.8 Å². The molecule has 4 nitrogen and oxygen atoms in total. The Balaban J connectivity index is 2.12. The summed E-state index contributed by atoms with van der Waals surface area (Å²) in [6.07, 6.45) is 4.13. The molecule has 0 aromatic heterocycles. The minimum Gasteiger partial charge on any atom is -0.497 e. The summed E-state index contributed by atoms with van der Waals surface area (Å²) in [5.74, 6) is 1.66. The molecule has 1 fully saturated rings. The molecule has 1 aromatic carbocycles. The normalized spacial score (nSPS) is 20.0. The Bertz CT molecular complexity index is 412. The summed E-state index contributed by atoms with van der Waals surface area (Å²) in [5, 5.41) is 3.37. The largest absolute Gasteiger partial charge is 0.497 e. The fourth-order valence-electron chi connectivity index (χ4n) is 1.90. The van der Waals surface area contributed by atoms with Crippen molar-refractivity contribution >= 4 is 6.08 Å². The lowest BCUT2D eigenvalue weighted by Gasteiger charge is -2.20. The molecule has 0 saturated carbocycles. The lowest BCUT2D eigenvalue weighted by Crippen LogP contribution is -2.39. The van der Waals surface area contributed by atoms with E-state index in [2.05, 4.69) is 11.4 Å². The van der Waals surface area contributed by atoms with Crippen molar-refractivity contribution in [2.75, 3.05) is 34.0 Å². The molecule has 0 aliphatic carbocycles. The number of morpholine rings is 1. The topological polar surface area (TPSA) is 39.7 Å². The van der Waals surface area contributed by atoms with Crippen LogP contribution in [0, 0.1) is 0 Å². The number of ether oxygens (including phenoxy) is 3. The van der Waals surface area contributed by atoms with Gasteiger partial charge in [-0.25, -0.2) is 0 Å². The predicted octanol–water partition coefficient (Wildman–Crippen LogP) is 1.71. The number of hydrogen-bond acceptors (Lipinski definition) is 4. The maximum atomic E-state index is 5.40. The molecule has 1 aromatic rings. The summed E-state index contributed by atoms with van der Waals surface area (Å²) in [5.41, 5.74) is 1.00. The van der Waals surface area contributed by atoms with Crippen LogP contribution >= 0.6 is 0 Å². The zero-order valence-electron chi connectivity index (χ0n) is 10.8. The molecule has 1 unspecified atom stereocenters. The van der Waals surface area contributed by atoms with E-state index >= 15 is 0 Å². The Morgan fingerprint density at radius 2 is 2.22 bits per heavy atom. The quantitative estimate of drug-likeness (QED) is 0.881. The molecular formula is C14H19NO3. The maximum absolute atomic E-state index is 5.40. The van der Waals surface area contributed by atoms with E-state index < -0.39 is 0 Å². The van der Waals surface area contributed by atoms with E-state index in [1.165, 1.54) is 0 Å². The van der Waals surface area contributed by atoms with Crippen molar-refractivity contribution in [1.29, 1.82) is 0 Å². The third-order valence-corrected chi connectivity index (χ3v) is 2.90. The molecule has 0 radical (unpaired) electrons. The van der Waals surface area contributed by atoms with Gasteiger partial charge in [0.1, 0.15) is 11.5 Å². The van der Waals surface area contributed by atoms with Gasteiger partial charge in [0.25, 0.3) is 0 Å². The predicted molar refractivity (Wildman–Crippen MR) is 71.2 cm³/mol. The molecule has 1 N–H and O–H groups in total. The molecule has 1 aliphatic rings. The first kappa shape index (κ1) is 12.9. The van der Waals surface area contributed by atoms with Gasteiger partial charge in [0.15, 0.2) is 0 Å². The van der Waals surface area contributed by atoms with Gasteiger partial charge in [0.2, 0.25) is 0 Å². The van der Waals surface area contributed by atoms with Gasteiger partial charge < -0.3 is 19.5 Å². The van der Waals surface area contributed by atoms with Crippen LogP contribution in [0.1, 0.15) is 5.56 Å². The standard InChI is InChI=1S/C14H19NO3/c1-16-13-5-6-14(17-2)11(9-13)3-4-12-10-18-8-7-15-12/h3-6,9,12,15H,7-8,10H2,1-2H3/b4-3+. The van der Waals surface area contributed by atoms with Crippen molar-refractivity contribution in [3.8, 4) is 11.5 Å². The summed E-state index contributed by atoms with van der Waals surface area (Å²) < 4.78 is 15.9. The van der Waals surface area contributed by atoms with Gasteiger partial charge in [-0.3, -0.25) is 0 Å². The fraction of sp³-hybridized carbons (Fsp3) is 0.429. The van der Waals surface area contributed by atoms with Crippen molar-refractivity contribution in [1.82, 2.24) is 5.32 Å². The molecule has 2 rings (SSSR count). The first-order valence-electron chi connectivity index (χ1n) is 6.05. The second-order valence-electron chi connectivity index (χ2n) is 4.10. The van der Waals surface area contributed by atoms with Crippen LogP contribution in [-0.2, 0) is 4.74 Å². The van der Waals surface area contributed by atoms with Crippen LogP contribution in [0.25, 0.3) is 6.08 Å². The molecule has 0 bridgehead atoms. The highest BCUT2D eigenvalue weighted by atomic mass is 16.5. The highest BCUT2D eigenvalue weighted by Crippen LogP contribution is 2.25. The monoisotopic (exact) mass is 249 g/mol. The molecule has 18 heavy (non-hydrogen) atoms. The van der Waals surface area contributed by atoms with E-state index in [0.717, 1.165) is 30.2 Å². The van der Waals surface area contributed by atoms with Crippen LogP contribution in [0.2, 0.25) is 0 Å². The summed E-state index contributed by atoms with van der Waals surface area (Å²) in [6, 6.07) is 6.01. The molecule has 1 aliphatic heterocycles. The summed E-state index contributed by atoms with van der Waals surface area (Å²) in [6.45, 7) is 2.39. The zero-order chi connectivity index (χ0) is 12.8. The Kier molecular flexibility index (Phi) is 4.61. The lowest BCUT2D eigenvalue weighted by atomic mass is 10.1. The number of benzene rings is 1. The first-order chi connectivity index (χ1) is 8.83. The van der Waals surface area contributed by atoms with Crippen LogP contribution in [0.5, 0.6) is 11.5 Å². The van der Waals surface area contributed by atoms with Gasteiger partial charge in [0.05, 0.1) is 27.4 Å². The summed E-state index contributed by atoms with van der Waals surface area (Å²) in [4.78, 5) is 0. The molecule has 1 atom stereocenters. The second kappa shape index (κ2) is 6.42. The van der Waals surface area contributed by atoms with Gasteiger partial charge in [0, 0.05) is 18.2 Å². The third kappa shape index (κ3) is 3.24. The van der Waals surface area contributed by atoms with Crippen molar-refractivity contribution in [2.24, 2.45) is 0 Å². The zero-order valence-corrected chi connectivity index (χ0v) is 10.8. The van der Waals surface area contributed by atoms with Crippen LogP contribution in [0.3, 0.4) is 0 Å². The Hall–Kier alpha value is -1.52. The second-order valence-corrected chi connectivity index (χ2v) is 4.10. The molecule has 1 heterocycles. The van der Waals surface area contributed by atoms with E-state index in [1.54, 1.807) is 14.2 Å². The van der Waals surface area contributed by atoms with Gasteiger partial charge in [-0.1, -0.05) is 12.2 Å². The van der Waals surface area contributed by atoms with Gasteiger partial charge in [-0.15, -0.1) is 0 Å². The third-order valence-electron chi connectivity index (χ3n) is 2.90. The lowest BCUT2D eigenvalue weighted by molar-refractivity contribution is 0.0903. The Morgan fingerprint density at radius 1 is 1.33 bits per heavy atom. The van der Waals surface area contributed by atoms with Gasteiger partial charge in [-0.2, -0.15) is 0 Å². The van der Waals surface area contributed by atoms with Crippen LogP contribution in [-0.4, -0.2) is 40.0 Å². The number of rotatable bonds is 4. The van der Waals surface area contributed by atoms with Crippen LogP contribution in [0.4, 0.5) is 0 Å². The molecule has 98 valence electrons. The average Bonchev–Trinajstić information content (AvgIpc) is 2.45. The average molecular weight is 249 g/mol. The SMILES string of the molecule is COc1ccc(OC)c(/C=C/C2COCCN2)c1. The highest BCUT2D eigenvalue weighted by molar-refractivity contribution is 5.60. The summed E-state index contributed by atoms with van der Waals surface area (Å²) in [7, 11) is 3.33. The van der Waals surface area contributed by atoms with E-state index in [9.17, 15) is 0 Å². The summed E-state index contributed by atoms with van der Waals surface area (Å²) >= 11 is 0. The van der Waals surface area contributed by atoms with E-state index in [0.29, 0.717) is 6.61 Å². The molecule has 0 amide bonds. The Morgan fingerprint density at radius 3 is 2.89 bits per heavy atom. The van der Waals surface area contributed by atoms with Crippen molar-refractivity contribution in [2.45, 2.75) is 6.04 Å². The van der Waals surface area contributed by atoms with E-state index in [1.807, 2.05) is 24.3 Å². The number of nitrogens with one attached hydrogen (secondary N) is 1. The fourth-order valence-corrected chi connectivity index (χ4v) is 1.90. The number of methoxy groups -OCH3 is 2. The minimum absolute atomic E-state index is 0.259. The smallest absolute Gasteiger partial charge is 0.126 e. The van der Waals surface area contributed by atoms with Crippen molar-refractivity contribution in [3.63, 3.8) is 0 Å². The molecule has 0 spiro atoms. The van der Waals surface area contributed by atoms with Gasteiger partial charge in [-0.05, 0) is 18.2 Å². The van der Waals surface area contributed by atoms with E-state index in [4.69, 9.17) is 14.2 Å². The molecule has 1 saturated heterocycles. The number of hydrogen-bond donors (Lipinski definition) is 1. The Labute approximate surface area is 108 Å². The molecule has 4 heteroatoms. The van der Waals surface area contributed by atoms with Crippen molar-refractivity contribution < 1.29 is 14.2 Å².